The van der Waals surface area contributed by atoms with Gasteiger partial charge < -0.3 is 29.3 Å². The van der Waals surface area contributed by atoms with Crippen LogP contribution < -0.4 is 9.47 Å². The summed E-state index contributed by atoms with van der Waals surface area (Å²) in [6, 6.07) is 20.9. The van der Waals surface area contributed by atoms with Gasteiger partial charge in [0.05, 0.1) is 30.1 Å². The molecule has 1 saturated carbocycles. The van der Waals surface area contributed by atoms with Gasteiger partial charge in [-0.15, -0.1) is 18.3 Å². The van der Waals surface area contributed by atoms with Gasteiger partial charge in [-0.2, -0.15) is 11.8 Å². The molecule has 2 aromatic carbocycles. The summed E-state index contributed by atoms with van der Waals surface area (Å²) in [5.41, 5.74) is 3.99. The zero-order valence-corrected chi connectivity index (χ0v) is 34.9. The maximum atomic E-state index is 9.92. The van der Waals surface area contributed by atoms with E-state index in [-0.39, 0.29) is 42.1 Å². The van der Waals surface area contributed by atoms with E-state index in [1.807, 2.05) is 63.1 Å². The van der Waals surface area contributed by atoms with Crippen LogP contribution in [-0.2, 0) is 16.0 Å². The van der Waals surface area contributed by atoms with Crippen molar-refractivity contribution in [2.75, 3.05) is 37.9 Å². The minimum Gasteiger partial charge on any atom is -0.493 e. The summed E-state index contributed by atoms with van der Waals surface area (Å²) in [4.78, 5) is 11.7. The van der Waals surface area contributed by atoms with Crippen LogP contribution in [0.3, 0.4) is 0 Å². The highest BCUT2D eigenvalue weighted by Crippen LogP contribution is 2.62. The number of aromatic nitrogens is 1. The van der Waals surface area contributed by atoms with E-state index < -0.39 is 11.4 Å². The topological polar surface area (TPSA) is 103 Å². The van der Waals surface area contributed by atoms with E-state index >= 15 is 0 Å². The van der Waals surface area contributed by atoms with E-state index in [4.69, 9.17) is 24.2 Å². The quantitative estimate of drug-likeness (QED) is 0.0472. The first-order valence-electron chi connectivity index (χ1n) is 20.3. The van der Waals surface area contributed by atoms with Crippen molar-refractivity contribution in [1.29, 1.82) is 0 Å². The summed E-state index contributed by atoms with van der Waals surface area (Å²) in [5, 5.41) is 24.6. The van der Waals surface area contributed by atoms with E-state index in [9.17, 15) is 10.2 Å². The Bertz CT molecular complexity index is 1750. The Hall–Kier alpha value is -3.28. The van der Waals surface area contributed by atoms with Gasteiger partial charge in [-0.1, -0.05) is 48.3 Å². The zero-order valence-electron chi connectivity index (χ0n) is 33.3. The molecule has 2 heterocycles. The SMILES string of the molecule is C=CCOC12Oc3ccc(OCCSc4ccccc4)cc3C3C(CCCCO)C(CCCCO)C=C(C(=NOC(C)(C)C)CC1SCCc1ccncc1)C32. The van der Waals surface area contributed by atoms with Crippen molar-refractivity contribution >= 4 is 29.2 Å². The van der Waals surface area contributed by atoms with Crippen LogP contribution in [0.25, 0.3) is 0 Å². The monoisotopic (exact) mass is 800 g/mol. The first-order valence-corrected chi connectivity index (χ1v) is 22.4. The number of hydrogen-bond donors (Lipinski definition) is 2. The van der Waals surface area contributed by atoms with Crippen molar-refractivity contribution in [1.82, 2.24) is 4.98 Å². The third-order valence-corrected chi connectivity index (χ3v) is 13.2. The number of fused-ring (bicyclic) bond motifs is 2. The summed E-state index contributed by atoms with van der Waals surface area (Å²) in [6.45, 7) is 11.4. The lowest BCUT2D eigenvalue weighted by Gasteiger charge is -2.58. The summed E-state index contributed by atoms with van der Waals surface area (Å²) in [6.07, 6.45) is 14.7. The van der Waals surface area contributed by atoms with Crippen molar-refractivity contribution in [3.8, 4) is 11.5 Å². The highest BCUT2D eigenvalue weighted by molar-refractivity contribution is 8.00. The number of rotatable bonds is 21. The molecule has 6 rings (SSSR count). The number of hydrogen-bond acceptors (Lipinski definition) is 10. The lowest BCUT2D eigenvalue weighted by Crippen LogP contribution is -2.64. The van der Waals surface area contributed by atoms with Crippen molar-refractivity contribution in [3.63, 3.8) is 0 Å². The van der Waals surface area contributed by atoms with Crippen LogP contribution in [0.15, 0.2) is 107 Å². The second kappa shape index (κ2) is 20.4. The van der Waals surface area contributed by atoms with Crippen LogP contribution in [0.1, 0.15) is 82.8 Å². The Balaban J connectivity index is 1.44. The number of oxime groups is 1. The summed E-state index contributed by atoms with van der Waals surface area (Å²) in [7, 11) is 0. The average molecular weight is 801 g/mol. The number of benzene rings is 2. The molecule has 302 valence electrons. The number of nitrogens with zero attached hydrogens (tertiary/aromatic N) is 2. The number of thioether (sulfide) groups is 2. The van der Waals surface area contributed by atoms with Gasteiger partial charge in [0, 0.05) is 54.2 Å². The standard InChI is InChI=1S/C46H60N2O6S2/c1-5-26-52-46-42(56-28-21-33-19-22-47-23-20-33)32-40(48-54-45(2,3)4)38-30-34(13-9-11-24-49)37(16-10-12-25-50)43(44(38)46)39-31-35(17-18-41(39)53-46)51-27-29-55-36-14-7-6-8-15-36/h5-8,14-15,17-20,22-23,30-31,34,37,42-44,49-50H,1,9-13,16,21,24-29,32H2,2-4H3. The van der Waals surface area contributed by atoms with Gasteiger partial charge in [0.25, 0.3) is 0 Å². The van der Waals surface area contributed by atoms with Gasteiger partial charge in [0.15, 0.2) is 0 Å². The van der Waals surface area contributed by atoms with Gasteiger partial charge in [0.2, 0.25) is 5.79 Å². The van der Waals surface area contributed by atoms with Crippen LogP contribution in [0, 0.1) is 17.8 Å². The molecule has 2 aliphatic carbocycles. The number of aryl methyl sites for hydroxylation is 1. The summed E-state index contributed by atoms with van der Waals surface area (Å²) >= 11 is 3.66. The molecular weight excluding hydrogens is 741 g/mol. The molecule has 0 spiro atoms. The molecule has 8 nitrogen and oxygen atoms in total. The lowest BCUT2D eigenvalue weighted by atomic mass is 9.56. The van der Waals surface area contributed by atoms with E-state index in [0.29, 0.717) is 19.6 Å². The molecule has 3 aliphatic rings. The van der Waals surface area contributed by atoms with E-state index in [1.165, 1.54) is 10.5 Å². The van der Waals surface area contributed by atoms with Crippen molar-refractivity contribution in [2.45, 2.75) is 99.6 Å². The fourth-order valence-corrected chi connectivity index (χ4v) is 10.6. The van der Waals surface area contributed by atoms with Crippen molar-refractivity contribution in [3.05, 3.63) is 108 Å². The molecule has 0 saturated heterocycles. The number of aliphatic hydroxyl groups excluding tert-OH is 2. The van der Waals surface area contributed by atoms with Crippen LogP contribution in [-0.4, -0.2) is 75.5 Å². The maximum Gasteiger partial charge on any atom is 0.230 e. The predicted octanol–water partition coefficient (Wildman–Crippen LogP) is 9.66. The first kappa shape index (κ1) is 42.3. The van der Waals surface area contributed by atoms with Gasteiger partial charge in [0.1, 0.15) is 17.1 Å². The molecular formula is C46H60N2O6S2. The number of unbranched alkanes of at least 4 members (excludes halogenated alkanes) is 2. The molecule has 0 bridgehead atoms. The van der Waals surface area contributed by atoms with Gasteiger partial charge in [-0.05, 0) is 124 Å². The Morgan fingerprint density at radius 1 is 0.982 bits per heavy atom. The number of aliphatic hydroxyl groups is 2. The second-order valence-electron chi connectivity index (χ2n) is 15.9. The fourth-order valence-electron chi connectivity index (χ4n) is 8.46. The maximum absolute atomic E-state index is 9.92. The van der Waals surface area contributed by atoms with E-state index in [1.54, 1.807) is 11.8 Å². The second-order valence-corrected chi connectivity index (χ2v) is 18.4. The zero-order chi connectivity index (χ0) is 39.4. The van der Waals surface area contributed by atoms with Crippen LogP contribution in [0.4, 0.5) is 0 Å². The molecule has 6 unspecified atom stereocenters. The fraction of sp³-hybridized carbons (Fsp3) is 0.522. The Kier molecular flexibility index (Phi) is 15.4. The highest BCUT2D eigenvalue weighted by atomic mass is 32.2. The van der Waals surface area contributed by atoms with Gasteiger partial charge in [-0.3, -0.25) is 4.98 Å². The van der Waals surface area contributed by atoms with Gasteiger partial charge >= 0.3 is 0 Å². The summed E-state index contributed by atoms with van der Waals surface area (Å²) in [5.74, 6) is 2.65. The minimum atomic E-state index is -0.999. The Morgan fingerprint density at radius 2 is 1.75 bits per heavy atom. The van der Waals surface area contributed by atoms with Crippen molar-refractivity contribution < 1.29 is 29.3 Å². The van der Waals surface area contributed by atoms with Gasteiger partial charge in [-0.25, -0.2) is 0 Å². The number of pyridine rings is 1. The lowest BCUT2D eigenvalue weighted by molar-refractivity contribution is -0.223. The average Bonchev–Trinajstić information content (AvgIpc) is 3.20. The number of allylic oxidation sites excluding steroid dienone is 1. The normalized spacial score (nSPS) is 24.8. The van der Waals surface area contributed by atoms with E-state index in [0.717, 1.165) is 84.8 Å². The highest BCUT2D eigenvalue weighted by Gasteiger charge is 2.64. The molecule has 1 fully saturated rings. The smallest absolute Gasteiger partial charge is 0.230 e. The molecule has 0 amide bonds. The minimum absolute atomic E-state index is 0.0204. The van der Waals surface area contributed by atoms with Crippen molar-refractivity contribution in [2.24, 2.45) is 22.9 Å². The predicted molar refractivity (Wildman–Crippen MR) is 229 cm³/mol. The molecule has 1 aliphatic heterocycles. The van der Waals surface area contributed by atoms with Crippen LogP contribution >= 0.6 is 23.5 Å². The summed E-state index contributed by atoms with van der Waals surface area (Å²) < 4.78 is 20.9. The first-order chi connectivity index (χ1) is 27.3. The molecule has 6 atom stereocenters. The third kappa shape index (κ3) is 10.6. The Labute approximate surface area is 342 Å². The molecule has 0 radical (unpaired) electrons. The third-order valence-electron chi connectivity index (χ3n) is 10.9. The van der Waals surface area contributed by atoms with Crippen LogP contribution in [0.2, 0.25) is 0 Å². The number of ether oxygens (including phenoxy) is 3. The Morgan fingerprint density at radius 3 is 2.48 bits per heavy atom. The molecule has 56 heavy (non-hydrogen) atoms. The molecule has 10 heteroatoms. The molecule has 1 aromatic heterocycles. The van der Waals surface area contributed by atoms with Crippen LogP contribution in [0.5, 0.6) is 11.5 Å². The van der Waals surface area contributed by atoms with E-state index in [2.05, 4.69) is 66.2 Å². The molecule has 3 aromatic rings. The largest absolute Gasteiger partial charge is 0.493 e. The molecule has 2 N–H and O–H groups in total.